The van der Waals surface area contributed by atoms with Crippen LogP contribution in [0.1, 0.15) is 16.8 Å². The maximum Gasteiger partial charge on any atom is 0.262 e. The molecule has 0 saturated carbocycles. The van der Waals surface area contributed by atoms with Crippen molar-refractivity contribution < 1.29 is 14.0 Å². The monoisotopic (exact) mass is 293 g/mol. The third-order valence-electron chi connectivity index (χ3n) is 3.04. The summed E-state index contributed by atoms with van der Waals surface area (Å²) in [5.74, 6) is -1.76. The Hall–Kier alpha value is -2.70. The van der Waals surface area contributed by atoms with Crippen molar-refractivity contribution in [3.8, 4) is 0 Å². The van der Waals surface area contributed by atoms with Gasteiger partial charge in [-0.25, -0.2) is 8.78 Å². The van der Waals surface area contributed by atoms with Crippen LogP contribution < -0.4 is 11.3 Å². The van der Waals surface area contributed by atoms with Crippen LogP contribution in [-0.2, 0) is 6.54 Å². The molecule has 0 saturated heterocycles. The van der Waals surface area contributed by atoms with E-state index >= 15 is 0 Å². The minimum absolute atomic E-state index is 0.0139. The second-order valence-corrected chi connectivity index (χ2v) is 4.54. The van der Waals surface area contributed by atoms with Gasteiger partial charge in [0, 0.05) is 11.8 Å². The molecule has 1 heterocycles. The Bertz CT molecular complexity index is 749. The van der Waals surface area contributed by atoms with E-state index in [1.54, 1.807) is 13.0 Å². The summed E-state index contributed by atoms with van der Waals surface area (Å²) in [6.45, 7) is 1.65. The lowest BCUT2D eigenvalue weighted by molar-refractivity contribution is 0.318. The number of amidine groups is 1. The predicted octanol–water partition coefficient (Wildman–Crippen LogP) is 1.58. The number of nitrogens with two attached hydrogens (primary N) is 1. The number of oxime groups is 1. The lowest BCUT2D eigenvalue weighted by atomic mass is 10.1. The Balaban J connectivity index is 2.51. The first-order chi connectivity index (χ1) is 9.92. The van der Waals surface area contributed by atoms with Gasteiger partial charge in [0.05, 0.1) is 12.1 Å². The van der Waals surface area contributed by atoms with Gasteiger partial charge in [0.1, 0.15) is 11.6 Å². The van der Waals surface area contributed by atoms with E-state index in [-0.39, 0.29) is 17.9 Å². The first kappa shape index (κ1) is 14.7. The zero-order valence-corrected chi connectivity index (χ0v) is 11.2. The van der Waals surface area contributed by atoms with Crippen molar-refractivity contribution in [1.82, 2.24) is 4.57 Å². The molecule has 7 heteroatoms. The Labute approximate surface area is 118 Å². The van der Waals surface area contributed by atoms with Crippen molar-refractivity contribution in [2.75, 3.05) is 0 Å². The van der Waals surface area contributed by atoms with Crippen molar-refractivity contribution in [1.29, 1.82) is 0 Å². The molecule has 0 atom stereocenters. The van der Waals surface area contributed by atoms with Crippen LogP contribution in [0, 0.1) is 18.6 Å². The maximum atomic E-state index is 13.2. The molecule has 1 aromatic carbocycles. The summed E-state index contributed by atoms with van der Waals surface area (Å²) in [7, 11) is 0. The number of aromatic nitrogens is 1. The van der Waals surface area contributed by atoms with Gasteiger partial charge in [-0.3, -0.25) is 4.79 Å². The largest absolute Gasteiger partial charge is 0.409 e. The zero-order valence-electron chi connectivity index (χ0n) is 11.2. The van der Waals surface area contributed by atoms with Gasteiger partial charge in [0.2, 0.25) is 0 Å². The lowest BCUT2D eigenvalue weighted by Crippen LogP contribution is -2.31. The number of aryl methyl sites for hydroxylation is 1. The van der Waals surface area contributed by atoms with Crippen LogP contribution in [0.2, 0.25) is 0 Å². The highest BCUT2D eigenvalue weighted by Crippen LogP contribution is 2.10. The number of hydrogen-bond acceptors (Lipinski definition) is 3. The van der Waals surface area contributed by atoms with Crippen molar-refractivity contribution >= 4 is 5.84 Å². The topological polar surface area (TPSA) is 80.6 Å². The van der Waals surface area contributed by atoms with Gasteiger partial charge in [-0.2, -0.15) is 0 Å². The lowest BCUT2D eigenvalue weighted by Gasteiger charge is -2.12. The van der Waals surface area contributed by atoms with E-state index in [2.05, 4.69) is 5.16 Å². The highest BCUT2D eigenvalue weighted by Gasteiger charge is 2.11. The van der Waals surface area contributed by atoms with E-state index < -0.39 is 17.2 Å². The fraction of sp³-hybridized carbons (Fsp3) is 0.143. The van der Waals surface area contributed by atoms with E-state index in [0.717, 1.165) is 18.2 Å². The Morgan fingerprint density at radius 1 is 1.29 bits per heavy atom. The molecule has 0 bridgehead atoms. The molecule has 110 valence electrons. The number of nitrogens with zero attached hydrogens (tertiary/aromatic N) is 2. The van der Waals surface area contributed by atoms with Gasteiger partial charge >= 0.3 is 0 Å². The highest BCUT2D eigenvalue weighted by molar-refractivity contribution is 5.96. The summed E-state index contributed by atoms with van der Waals surface area (Å²) in [4.78, 5) is 12.3. The number of halogens is 2. The highest BCUT2D eigenvalue weighted by atomic mass is 19.1. The minimum atomic E-state index is -0.719. The van der Waals surface area contributed by atoms with Crippen molar-refractivity contribution in [2.24, 2.45) is 10.9 Å². The van der Waals surface area contributed by atoms with E-state index in [9.17, 15) is 13.6 Å². The fourth-order valence-corrected chi connectivity index (χ4v) is 2.00. The van der Waals surface area contributed by atoms with Crippen LogP contribution in [0.25, 0.3) is 0 Å². The van der Waals surface area contributed by atoms with Crippen LogP contribution in [0.3, 0.4) is 0 Å². The summed E-state index contributed by atoms with van der Waals surface area (Å²) >= 11 is 0. The van der Waals surface area contributed by atoms with Crippen molar-refractivity contribution in [3.63, 3.8) is 0 Å². The van der Waals surface area contributed by atoms with Gasteiger partial charge in [0.25, 0.3) is 5.56 Å². The van der Waals surface area contributed by atoms with E-state index in [1.165, 1.54) is 10.6 Å². The normalized spacial score (nSPS) is 11.7. The first-order valence-electron chi connectivity index (χ1n) is 6.05. The zero-order chi connectivity index (χ0) is 15.6. The molecular formula is C14H13F2N3O2. The molecule has 2 aromatic rings. The smallest absolute Gasteiger partial charge is 0.262 e. The maximum absolute atomic E-state index is 13.2. The van der Waals surface area contributed by atoms with Crippen LogP contribution in [0.15, 0.2) is 40.3 Å². The second-order valence-electron chi connectivity index (χ2n) is 4.54. The van der Waals surface area contributed by atoms with Gasteiger partial charge in [0.15, 0.2) is 5.84 Å². The van der Waals surface area contributed by atoms with Crippen molar-refractivity contribution in [3.05, 3.63) is 69.1 Å². The van der Waals surface area contributed by atoms with Crippen LogP contribution in [0.4, 0.5) is 8.78 Å². The van der Waals surface area contributed by atoms with E-state index in [1.807, 2.05) is 0 Å². The Morgan fingerprint density at radius 3 is 2.48 bits per heavy atom. The van der Waals surface area contributed by atoms with E-state index in [0.29, 0.717) is 11.3 Å². The molecule has 3 N–H and O–H groups in total. The SMILES string of the molecule is Cc1ccc(/C(N)=N/O)c(=O)n1Cc1cc(F)cc(F)c1. The predicted molar refractivity (Wildman–Crippen MR) is 73.4 cm³/mol. The third-order valence-corrected chi connectivity index (χ3v) is 3.04. The molecular weight excluding hydrogens is 280 g/mol. The Kier molecular flexibility index (Phi) is 4.02. The summed E-state index contributed by atoms with van der Waals surface area (Å²) in [6, 6.07) is 6.07. The first-order valence-corrected chi connectivity index (χ1v) is 6.05. The van der Waals surface area contributed by atoms with E-state index in [4.69, 9.17) is 10.9 Å². The van der Waals surface area contributed by atoms with Crippen molar-refractivity contribution in [2.45, 2.75) is 13.5 Å². The summed E-state index contributed by atoms with van der Waals surface area (Å²) < 4.78 is 27.7. The fourth-order valence-electron chi connectivity index (χ4n) is 2.00. The summed E-state index contributed by atoms with van der Waals surface area (Å²) in [5, 5.41) is 11.4. The average Bonchev–Trinajstić information content (AvgIpc) is 2.41. The molecule has 0 fully saturated rings. The summed E-state index contributed by atoms with van der Waals surface area (Å²) in [5.41, 5.74) is 5.81. The number of rotatable bonds is 3. The van der Waals surface area contributed by atoms with Crippen LogP contribution in [0.5, 0.6) is 0 Å². The molecule has 1 aromatic heterocycles. The molecule has 0 radical (unpaired) electrons. The van der Waals surface area contributed by atoms with Gasteiger partial charge in [-0.15, -0.1) is 0 Å². The van der Waals surface area contributed by atoms with Crippen LogP contribution in [-0.4, -0.2) is 15.6 Å². The summed E-state index contributed by atoms with van der Waals surface area (Å²) in [6.07, 6.45) is 0. The molecule has 0 aliphatic heterocycles. The standard InChI is InChI=1S/C14H13F2N3O2/c1-8-2-3-12(13(17)18-21)14(20)19(8)7-9-4-10(15)6-11(16)5-9/h2-6,21H,7H2,1H3,(H2,17,18). The number of benzene rings is 1. The quantitative estimate of drug-likeness (QED) is 0.390. The Morgan fingerprint density at radius 2 is 1.90 bits per heavy atom. The third kappa shape index (κ3) is 3.07. The van der Waals surface area contributed by atoms with Crippen LogP contribution >= 0.6 is 0 Å². The number of pyridine rings is 1. The number of hydrogen-bond donors (Lipinski definition) is 2. The van der Waals surface area contributed by atoms with Gasteiger partial charge in [-0.1, -0.05) is 5.16 Å². The molecule has 5 nitrogen and oxygen atoms in total. The molecule has 0 aliphatic carbocycles. The van der Waals surface area contributed by atoms with Gasteiger partial charge in [-0.05, 0) is 36.8 Å². The molecule has 2 rings (SSSR count). The average molecular weight is 293 g/mol. The minimum Gasteiger partial charge on any atom is -0.409 e. The molecule has 0 spiro atoms. The molecule has 0 amide bonds. The second kappa shape index (κ2) is 5.74. The van der Waals surface area contributed by atoms with Gasteiger partial charge < -0.3 is 15.5 Å². The molecule has 0 unspecified atom stereocenters. The molecule has 21 heavy (non-hydrogen) atoms. The molecule has 0 aliphatic rings.